The van der Waals surface area contributed by atoms with E-state index in [1.54, 1.807) is 0 Å². The summed E-state index contributed by atoms with van der Waals surface area (Å²) in [6, 6.07) is 0.714. The van der Waals surface area contributed by atoms with E-state index in [9.17, 15) is 8.78 Å². The van der Waals surface area contributed by atoms with E-state index in [1.165, 1.54) is 6.20 Å². The maximum Gasteiger partial charge on any atom is 0.281 e. The molecule has 1 aliphatic rings. The van der Waals surface area contributed by atoms with Crippen molar-refractivity contribution < 1.29 is 8.78 Å². The smallest absolute Gasteiger partial charge is 0.281 e. The van der Waals surface area contributed by atoms with Crippen molar-refractivity contribution in [1.29, 1.82) is 0 Å². The Hall–Kier alpha value is -1.30. The molecule has 1 aromatic heterocycles. The van der Waals surface area contributed by atoms with Gasteiger partial charge in [0.1, 0.15) is 11.5 Å². The average molecular weight is 242 g/mol. The Morgan fingerprint density at radius 1 is 1.24 bits per heavy atom. The molecule has 4 nitrogen and oxygen atoms in total. The van der Waals surface area contributed by atoms with Crippen molar-refractivity contribution >= 4 is 5.82 Å². The van der Waals surface area contributed by atoms with Crippen LogP contribution in [0.5, 0.6) is 0 Å². The minimum Gasteiger partial charge on any atom is -0.352 e. The molecule has 0 aliphatic carbocycles. The zero-order valence-electron chi connectivity index (χ0n) is 9.90. The van der Waals surface area contributed by atoms with E-state index < -0.39 is 6.43 Å². The van der Waals surface area contributed by atoms with Crippen LogP contribution in [-0.2, 0) is 0 Å². The van der Waals surface area contributed by atoms with E-state index in [0.717, 1.165) is 19.3 Å². The molecule has 6 heteroatoms. The van der Waals surface area contributed by atoms with E-state index in [-0.39, 0.29) is 5.69 Å². The predicted molar refractivity (Wildman–Crippen MR) is 61.3 cm³/mol. The molecule has 2 rings (SSSR count). The summed E-state index contributed by atoms with van der Waals surface area (Å²) in [5.41, 5.74) is -0.273. The van der Waals surface area contributed by atoms with Crippen molar-refractivity contribution in [3.8, 4) is 0 Å². The quantitative estimate of drug-likeness (QED) is 0.855. The van der Waals surface area contributed by atoms with Gasteiger partial charge in [-0.1, -0.05) is 0 Å². The molecule has 1 fully saturated rings. The van der Waals surface area contributed by atoms with Gasteiger partial charge in [-0.25, -0.2) is 18.7 Å². The van der Waals surface area contributed by atoms with Crippen LogP contribution in [0.3, 0.4) is 0 Å². The Bertz CT molecular complexity index is 358. The first-order chi connectivity index (χ1) is 8.06. The number of anilines is 1. The van der Waals surface area contributed by atoms with Crippen molar-refractivity contribution in [3.05, 3.63) is 18.1 Å². The number of rotatable bonds is 2. The van der Waals surface area contributed by atoms with E-state index in [4.69, 9.17) is 0 Å². The largest absolute Gasteiger partial charge is 0.352 e. The van der Waals surface area contributed by atoms with Gasteiger partial charge in [-0.3, -0.25) is 0 Å². The van der Waals surface area contributed by atoms with Crippen LogP contribution in [0.4, 0.5) is 14.6 Å². The van der Waals surface area contributed by atoms with Gasteiger partial charge in [0.2, 0.25) is 0 Å². The summed E-state index contributed by atoms with van der Waals surface area (Å²) in [5, 5.41) is 3.40. The first-order valence-electron chi connectivity index (χ1n) is 5.67. The maximum absolute atomic E-state index is 12.3. The van der Waals surface area contributed by atoms with Crippen LogP contribution in [0.1, 0.15) is 26.0 Å². The fourth-order valence-corrected chi connectivity index (χ4v) is 2.12. The second-order valence-corrected chi connectivity index (χ2v) is 4.47. The lowest BCUT2D eigenvalue weighted by atomic mass is 10.1. The molecule has 0 bridgehead atoms. The van der Waals surface area contributed by atoms with Crippen LogP contribution in [0.25, 0.3) is 0 Å². The summed E-state index contributed by atoms with van der Waals surface area (Å²) in [4.78, 5) is 9.84. The second-order valence-electron chi connectivity index (χ2n) is 4.47. The van der Waals surface area contributed by atoms with Crippen LogP contribution >= 0.6 is 0 Å². The lowest BCUT2D eigenvalue weighted by Crippen LogP contribution is -2.54. The number of hydrogen-bond donors (Lipinski definition) is 1. The number of hydrogen-bond acceptors (Lipinski definition) is 4. The Kier molecular flexibility index (Phi) is 3.51. The lowest BCUT2D eigenvalue weighted by molar-refractivity contribution is 0.145. The highest BCUT2D eigenvalue weighted by Gasteiger charge is 2.22. The standard InChI is InChI=1S/C11H16F2N4/c1-7-5-17(6-8(2)16-7)10-4-14-9(3-15-10)11(12)13/h3-4,7-8,11,16H,5-6H2,1-2H3/t7-,8-/m1/s1. The molecule has 2 atom stereocenters. The molecule has 0 unspecified atom stereocenters. The van der Waals surface area contributed by atoms with Gasteiger partial charge >= 0.3 is 0 Å². The van der Waals surface area contributed by atoms with Crippen molar-refractivity contribution in [2.75, 3.05) is 18.0 Å². The van der Waals surface area contributed by atoms with Gasteiger partial charge in [-0.2, -0.15) is 0 Å². The number of nitrogens with one attached hydrogen (secondary N) is 1. The second kappa shape index (κ2) is 4.91. The van der Waals surface area contributed by atoms with E-state index >= 15 is 0 Å². The average Bonchev–Trinajstić information content (AvgIpc) is 2.28. The van der Waals surface area contributed by atoms with Crippen molar-refractivity contribution in [1.82, 2.24) is 15.3 Å². The molecule has 17 heavy (non-hydrogen) atoms. The Morgan fingerprint density at radius 2 is 1.88 bits per heavy atom. The molecule has 0 spiro atoms. The fourth-order valence-electron chi connectivity index (χ4n) is 2.12. The number of piperazine rings is 1. The topological polar surface area (TPSA) is 41.1 Å². The maximum atomic E-state index is 12.3. The van der Waals surface area contributed by atoms with Crippen LogP contribution in [0, 0.1) is 0 Å². The third-order valence-electron chi connectivity index (χ3n) is 2.76. The molecule has 1 aromatic rings. The van der Waals surface area contributed by atoms with Gasteiger partial charge in [-0.05, 0) is 13.8 Å². The number of aromatic nitrogens is 2. The van der Waals surface area contributed by atoms with Crippen molar-refractivity contribution in [3.63, 3.8) is 0 Å². The highest BCUT2D eigenvalue weighted by molar-refractivity contribution is 5.37. The highest BCUT2D eigenvalue weighted by Crippen LogP contribution is 2.18. The van der Waals surface area contributed by atoms with Crippen LogP contribution in [0.15, 0.2) is 12.4 Å². The third-order valence-corrected chi connectivity index (χ3v) is 2.76. The molecule has 0 saturated carbocycles. The van der Waals surface area contributed by atoms with Gasteiger partial charge in [0.05, 0.1) is 12.4 Å². The molecular formula is C11H16F2N4. The lowest BCUT2D eigenvalue weighted by Gasteiger charge is -2.36. The van der Waals surface area contributed by atoms with Gasteiger partial charge in [0, 0.05) is 25.2 Å². The van der Waals surface area contributed by atoms with Crippen molar-refractivity contribution in [2.45, 2.75) is 32.4 Å². The van der Waals surface area contributed by atoms with E-state index in [1.807, 2.05) is 0 Å². The molecule has 94 valence electrons. The van der Waals surface area contributed by atoms with Gasteiger partial charge in [-0.15, -0.1) is 0 Å². The van der Waals surface area contributed by atoms with E-state index in [2.05, 4.69) is 34.0 Å². The first kappa shape index (κ1) is 12.2. The van der Waals surface area contributed by atoms with Crippen LogP contribution < -0.4 is 10.2 Å². The van der Waals surface area contributed by atoms with Gasteiger partial charge in [0.25, 0.3) is 6.43 Å². The molecule has 2 heterocycles. The predicted octanol–water partition coefficient (Wildman–Crippen LogP) is 1.60. The number of alkyl halides is 2. The number of halogens is 2. The summed E-state index contributed by atoms with van der Waals surface area (Å²) in [7, 11) is 0. The minimum absolute atomic E-state index is 0.273. The third kappa shape index (κ3) is 2.88. The molecule has 1 saturated heterocycles. The first-order valence-corrected chi connectivity index (χ1v) is 5.67. The summed E-state index contributed by atoms with van der Waals surface area (Å²) in [6.07, 6.45) is 0.0151. The van der Waals surface area contributed by atoms with Crippen LogP contribution in [0.2, 0.25) is 0 Å². The Balaban J connectivity index is 2.11. The number of nitrogens with zero attached hydrogens (tertiary/aromatic N) is 3. The van der Waals surface area contributed by atoms with Gasteiger partial charge < -0.3 is 10.2 Å². The summed E-state index contributed by atoms with van der Waals surface area (Å²) >= 11 is 0. The fraction of sp³-hybridized carbons (Fsp3) is 0.636. The van der Waals surface area contributed by atoms with Crippen LogP contribution in [-0.4, -0.2) is 35.1 Å². The Labute approximate surface area is 99.1 Å². The molecule has 1 N–H and O–H groups in total. The van der Waals surface area contributed by atoms with E-state index in [0.29, 0.717) is 17.9 Å². The zero-order chi connectivity index (χ0) is 12.4. The SMILES string of the molecule is C[C@@H]1CN(c2cnc(C(F)F)cn2)C[C@@H](C)N1. The zero-order valence-corrected chi connectivity index (χ0v) is 9.90. The summed E-state index contributed by atoms with van der Waals surface area (Å²) < 4.78 is 24.7. The molecule has 0 amide bonds. The molecule has 0 radical (unpaired) electrons. The van der Waals surface area contributed by atoms with Crippen molar-refractivity contribution in [2.24, 2.45) is 0 Å². The normalized spacial score (nSPS) is 25.4. The minimum atomic E-state index is -2.56. The molecule has 0 aromatic carbocycles. The molecular weight excluding hydrogens is 226 g/mol. The summed E-state index contributed by atoms with van der Waals surface area (Å²) in [6.45, 7) is 5.80. The highest BCUT2D eigenvalue weighted by atomic mass is 19.3. The molecule has 1 aliphatic heterocycles. The summed E-state index contributed by atoms with van der Waals surface area (Å²) in [5.74, 6) is 0.662. The Morgan fingerprint density at radius 3 is 2.35 bits per heavy atom. The van der Waals surface area contributed by atoms with Gasteiger partial charge in [0.15, 0.2) is 0 Å². The monoisotopic (exact) mass is 242 g/mol.